The predicted molar refractivity (Wildman–Crippen MR) is 105 cm³/mol. The van der Waals surface area contributed by atoms with Crippen LogP contribution in [0.1, 0.15) is 31.4 Å². The summed E-state index contributed by atoms with van der Waals surface area (Å²) in [7, 11) is 0. The Morgan fingerprint density at radius 2 is 1.80 bits per heavy atom. The van der Waals surface area contributed by atoms with E-state index in [9.17, 15) is 0 Å². The number of ether oxygens (including phenoxy) is 1. The van der Waals surface area contributed by atoms with Crippen LogP contribution in [0.3, 0.4) is 0 Å². The molecule has 1 aliphatic rings. The van der Waals surface area contributed by atoms with E-state index in [1.165, 1.54) is 11.1 Å². The number of benzene rings is 2. The first-order chi connectivity index (χ1) is 12.0. The van der Waals surface area contributed by atoms with Crippen molar-refractivity contribution in [2.24, 2.45) is 5.92 Å². The van der Waals surface area contributed by atoms with Crippen LogP contribution in [0.2, 0.25) is 0 Å². The lowest BCUT2D eigenvalue weighted by atomic mass is 9.96. The number of para-hydroxylation sites is 1. The summed E-state index contributed by atoms with van der Waals surface area (Å²) in [5.74, 6) is 1.14. The fraction of sp³-hybridized carbons (Fsp3) is 0.429. The molecular weight excluding hydrogens is 310 g/mol. The summed E-state index contributed by atoms with van der Waals surface area (Å²) < 4.78 is 5.90. The van der Waals surface area contributed by atoms with E-state index in [0.29, 0.717) is 35.7 Å². The zero-order valence-electron chi connectivity index (χ0n) is 15.2. The smallest absolute Gasteiger partial charge is 0.144 e. The molecule has 0 amide bonds. The van der Waals surface area contributed by atoms with Crippen molar-refractivity contribution >= 4 is 11.4 Å². The predicted octanol–water partition coefficient (Wildman–Crippen LogP) is 3.70. The lowest BCUT2D eigenvalue weighted by Gasteiger charge is -2.35. The number of nitrogen functional groups attached to an aromatic ring is 2. The molecule has 0 aliphatic carbocycles. The topological polar surface area (TPSA) is 64.5 Å². The maximum atomic E-state index is 5.97. The second-order valence-corrected chi connectivity index (χ2v) is 7.25. The molecule has 0 bridgehead atoms. The van der Waals surface area contributed by atoms with Crippen LogP contribution in [0.15, 0.2) is 42.5 Å². The molecule has 4 nitrogen and oxygen atoms in total. The lowest BCUT2D eigenvalue weighted by molar-refractivity contribution is 0.149. The van der Waals surface area contributed by atoms with Crippen molar-refractivity contribution in [1.82, 2.24) is 4.90 Å². The van der Waals surface area contributed by atoms with E-state index >= 15 is 0 Å². The molecule has 0 spiro atoms. The normalized spacial score (nSPS) is 16.9. The van der Waals surface area contributed by atoms with Crippen molar-refractivity contribution in [2.75, 3.05) is 24.6 Å². The Bertz CT molecular complexity index is 716. The van der Waals surface area contributed by atoms with Crippen LogP contribution in [0, 0.1) is 5.92 Å². The summed E-state index contributed by atoms with van der Waals surface area (Å²) in [6.07, 6.45) is 2.25. The molecule has 3 rings (SSSR count). The summed E-state index contributed by atoms with van der Waals surface area (Å²) in [5.41, 5.74) is 15.9. The molecule has 134 valence electrons. The van der Waals surface area contributed by atoms with Gasteiger partial charge >= 0.3 is 0 Å². The van der Waals surface area contributed by atoms with Gasteiger partial charge in [0.05, 0.1) is 18.0 Å². The van der Waals surface area contributed by atoms with Gasteiger partial charge in [-0.05, 0) is 48.9 Å². The van der Waals surface area contributed by atoms with E-state index < -0.39 is 0 Å². The van der Waals surface area contributed by atoms with Crippen LogP contribution < -0.4 is 16.2 Å². The number of hydrogen-bond donors (Lipinski definition) is 2. The summed E-state index contributed by atoms with van der Waals surface area (Å²) >= 11 is 0. The van der Waals surface area contributed by atoms with E-state index in [2.05, 4.69) is 43.0 Å². The summed E-state index contributed by atoms with van der Waals surface area (Å²) in [6.45, 7) is 7.39. The van der Waals surface area contributed by atoms with Gasteiger partial charge in [0.25, 0.3) is 0 Å². The second kappa shape index (κ2) is 7.79. The van der Waals surface area contributed by atoms with E-state index in [-0.39, 0.29) is 0 Å². The van der Waals surface area contributed by atoms with Crippen LogP contribution in [-0.4, -0.2) is 24.1 Å². The highest BCUT2D eigenvalue weighted by Gasteiger charge is 2.22. The Hall–Kier alpha value is -2.20. The van der Waals surface area contributed by atoms with Gasteiger partial charge in [-0.1, -0.05) is 37.3 Å². The van der Waals surface area contributed by atoms with Gasteiger partial charge in [0, 0.05) is 19.1 Å². The number of nitrogens with zero attached hydrogens (tertiary/aromatic N) is 1. The van der Waals surface area contributed by atoms with Crippen molar-refractivity contribution < 1.29 is 4.74 Å². The van der Waals surface area contributed by atoms with Crippen LogP contribution in [0.5, 0.6) is 5.75 Å². The molecule has 25 heavy (non-hydrogen) atoms. The van der Waals surface area contributed by atoms with Gasteiger partial charge in [-0.25, -0.2) is 0 Å². The van der Waals surface area contributed by atoms with Crippen LogP contribution >= 0.6 is 0 Å². The van der Waals surface area contributed by atoms with Gasteiger partial charge in [-0.2, -0.15) is 0 Å². The van der Waals surface area contributed by atoms with Gasteiger partial charge in [-0.3, -0.25) is 4.90 Å². The zero-order chi connectivity index (χ0) is 17.8. The number of rotatable bonds is 6. The average molecular weight is 339 g/mol. The fourth-order valence-corrected chi connectivity index (χ4v) is 3.61. The third-order valence-electron chi connectivity index (χ3n) is 5.15. The molecule has 0 fully saturated rings. The molecule has 0 aromatic heterocycles. The summed E-state index contributed by atoms with van der Waals surface area (Å²) in [4.78, 5) is 2.58. The minimum Gasteiger partial charge on any atom is -0.491 e. The van der Waals surface area contributed by atoms with Gasteiger partial charge in [-0.15, -0.1) is 0 Å². The van der Waals surface area contributed by atoms with Gasteiger partial charge in [0.15, 0.2) is 0 Å². The molecule has 0 saturated heterocycles. The minimum absolute atomic E-state index is 0.452. The lowest BCUT2D eigenvalue weighted by Crippen LogP contribution is -2.38. The number of fused-ring (bicyclic) bond motifs is 1. The number of anilines is 2. The van der Waals surface area contributed by atoms with Crippen molar-refractivity contribution in [1.29, 1.82) is 0 Å². The minimum atomic E-state index is 0.452. The summed E-state index contributed by atoms with van der Waals surface area (Å²) in [5, 5.41) is 0. The van der Waals surface area contributed by atoms with E-state index in [1.807, 2.05) is 12.1 Å². The van der Waals surface area contributed by atoms with E-state index in [4.69, 9.17) is 16.2 Å². The Labute approximate surface area is 150 Å². The largest absolute Gasteiger partial charge is 0.491 e. The van der Waals surface area contributed by atoms with Gasteiger partial charge < -0.3 is 16.2 Å². The Balaban J connectivity index is 1.51. The van der Waals surface area contributed by atoms with E-state index in [0.717, 1.165) is 25.9 Å². The molecule has 2 unspecified atom stereocenters. The van der Waals surface area contributed by atoms with E-state index in [1.54, 1.807) is 6.07 Å². The molecule has 4 N–H and O–H groups in total. The SMILES string of the molecule is CC(COc1cccc(N)c1N)CC(C)N1CCc2ccccc2C1. The van der Waals surface area contributed by atoms with Gasteiger partial charge in [0.2, 0.25) is 0 Å². The molecule has 0 saturated carbocycles. The van der Waals surface area contributed by atoms with Gasteiger partial charge in [0.1, 0.15) is 5.75 Å². The fourth-order valence-electron chi connectivity index (χ4n) is 3.61. The first kappa shape index (κ1) is 17.6. The monoisotopic (exact) mass is 339 g/mol. The van der Waals surface area contributed by atoms with Crippen LogP contribution in [0.25, 0.3) is 0 Å². The quantitative estimate of drug-likeness (QED) is 0.788. The maximum absolute atomic E-state index is 5.97. The maximum Gasteiger partial charge on any atom is 0.144 e. The molecule has 2 aromatic rings. The highest BCUT2D eigenvalue weighted by Crippen LogP contribution is 2.28. The first-order valence-electron chi connectivity index (χ1n) is 9.12. The molecule has 2 aromatic carbocycles. The highest BCUT2D eigenvalue weighted by atomic mass is 16.5. The summed E-state index contributed by atoms with van der Waals surface area (Å²) in [6, 6.07) is 14.9. The Morgan fingerprint density at radius 1 is 1.04 bits per heavy atom. The molecule has 2 atom stereocenters. The third-order valence-corrected chi connectivity index (χ3v) is 5.15. The highest BCUT2D eigenvalue weighted by molar-refractivity contribution is 5.70. The van der Waals surface area contributed by atoms with Crippen LogP contribution in [0.4, 0.5) is 11.4 Å². The van der Waals surface area contributed by atoms with Crippen molar-refractivity contribution in [3.63, 3.8) is 0 Å². The standard InChI is InChI=1S/C21H29N3O/c1-15(14-25-20-9-5-8-19(22)21(20)23)12-16(2)24-11-10-17-6-3-4-7-18(17)13-24/h3-9,15-16H,10-14,22-23H2,1-2H3. The molecule has 4 heteroatoms. The molecule has 1 aliphatic heterocycles. The first-order valence-corrected chi connectivity index (χ1v) is 9.12. The van der Waals surface area contributed by atoms with Crippen molar-refractivity contribution in [3.8, 4) is 5.75 Å². The third kappa shape index (κ3) is 4.26. The van der Waals surface area contributed by atoms with Crippen molar-refractivity contribution in [3.05, 3.63) is 53.6 Å². The number of hydrogen-bond acceptors (Lipinski definition) is 4. The average Bonchev–Trinajstić information content (AvgIpc) is 2.62. The van der Waals surface area contributed by atoms with Crippen molar-refractivity contribution in [2.45, 2.75) is 39.3 Å². The van der Waals surface area contributed by atoms with Crippen LogP contribution in [-0.2, 0) is 13.0 Å². The Morgan fingerprint density at radius 3 is 2.60 bits per heavy atom. The zero-order valence-corrected chi connectivity index (χ0v) is 15.2. The second-order valence-electron chi connectivity index (χ2n) is 7.25. The molecule has 0 radical (unpaired) electrons. The number of nitrogens with two attached hydrogens (primary N) is 2. The molecular formula is C21H29N3O. The molecule has 1 heterocycles. The Kier molecular flexibility index (Phi) is 5.49.